The van der Waals surface area contributed by atoms with E-state index < -0.39 is 0 Å². The highest BCUT2D eigenvalue weighted by molar-refractivity contribution is 6.32. The quantitative estimate of drug-likeness (QED) is 0.809. The molecule has 100 valence electrons. The second kappa shape index (κ2) is 7.12. The van der Waals surface area contributed by atoms with Crippen molar-refractivity contribution >= 4 is 11.6 Å². The van der Waals surface area contributed by atoms with Crippen LogP contribution in [0.4, 0.5) is 0 Å². The van der Waals surface area contributed by atoms with Gasteiger partial charge in [0.2, 0.25) is 0 Å². The first-order valence-corrected chi connectivity index (χ1v) is 6.75. The van der Waals surface area contributed by atoms with Crippen molar-refractivity contribution in [2.75, 3.05) is 6.54 Å². The summed E-state index contributed by atoms with van der Waals surface area (Å²) in [7, 11) is 0. The fourth-order valence-corrected chi connectivity index (χ4v) is 1.96. The van der Waals surface area contributed by atoms with E-state index in [2.05, 4.69) is 17.2 Å². The topological polar surface area (TPSA) is 34.1 Å². The Balaban J connectivity index is 2.18. The Labute approximate surface area is 118 Å². The van der Waals surface area contributed by atoms with Crippen molar-refractivity contribution < 1.29 is 4.74 Å². The number of pyridine rings is 1. The summed E-state index contributed by atoms with van der Waals surface area (Å²) in [5, 5.41) is 3.96. The first-order valence-electron chi connectivity index (χ1n) is 6.37. The number of aromatic nitrogens is 1. The van der Waals surface area contributed by atoms with Crippen LogP contribution in [0.5, 0.6) is 11.5 Å². The predicted octanol–water partition coefficient (Wildman–Crippen LogP) is 4.03. The van der Waals surface area contributed by atoms with E-state index >= 15 is 0 Å². The minimum absolute atomic E-state index is 0.611. The molecule has 1 N–H and O–H groups in total. The number of para-hydroxylation sites is 1. The Morgan fingerprint density at radius 1 is 1.26 bits per heavy atom. The molecule has 0 amide bonds. The minimum Gasteiger partial charge on any atom is -0.454 e. The molecular weight excluding hydrogens is 260 g/mol. The third-order valence-electron chi connectivity index (χ3n) is 2.65. The standard InChI is InChI=1S/C15H17ClN2O/c1-2-8-17-10-12-5-3-7-14(16)15(12)19-13-6-4-9-18-11-13/h3-7,9,11,17H,2,8,10H2,1H3. The molecule has 0 spiro atoms. The van der Waals surface area contributed by atoms with Crippen LogP contribution >= 0.6 is 11.6 Å². The molecule has 0 saturated carbocycles. The molecule has 2 aromatic rings. The average molecular weight is 277 g/mol. The fourth-order valence-electron chi connectivity index (χ4n) is 1.73. The van der Waals surface area contributed by atoms with Gasteiger partial charge < -0.3 is 10.1 Å². The Hall–Kier alpha value is -1.58. The molecule has 4 heteroatoms. The summed E-state index contributed by atoms with van der Waals surface area (Å²) in [5.41, 5.74) is 1.05. The van der Waals surface area contributed by atoms with Crippen molar-refractivity contribution in [1.82, 2.24) is 10.3 Å². The van der Waals surface area contributed by atoms with Crippen molar-refractivity contribution in [1.29, 1.82) is 0 Å². The van der Waals surface area contributed by atoms with Gasteiger partial charge in [-0.1, -0.05) is 30.7 Å². The zero-order valence-corrected chi connectivity index (χ0v) is 11.7. The van der Waals surface area contributed by atoms with Crippen LogP contribution in [0.3, 0.4) is 0 Å². The molecule has 0 fully saturated rings. The minimum atomic E-state index is 0.611. The normalized spacial score (nSPS) is 10.4. The summed E-state index contributed by atoms with van der Waals surface area (Å²) >= 11 is 6.22. The highest BCUT2D eigenvalue weighted by Crippen LogP contribution is 2.32. The van der Waals surface area contributed by atoms with Crippen LogP contribution in [0.2, 0.25) is 5.02 Å². The van der Waals surface area contributed by atoms with E-state index in [1.807, 2.05) is 30.3 Å². The zero-order valence-electron chi connectivity index (χ0n) is 10.9. The fraction of sp³-hybridized carbons (Fsp3) is 0.267. The van der Waals surface area contributed by atoms with Crippen LogP contribution < -0.4 is 10.1 Å². The number of benzene rings is 1. The van der Waals surface area contributed by atoms with Gasteiger partial charge in [-0.2, -0.15) is 0 Å². The molecule has 19 heavy (non-hydrogen) atoms. The third kappa shape index (κ3) is 3.94. The largest absolute Gasteiger partial charge is 0.454 e. The summed E-state index contributed by atoms with van der Waals surface area (Å²) in [4.78, 5) is 4.03. The number of halogens is 1. The molecule has 1 aromatic carbocycles. The molecular formula is C15H17ClN2O. The van der Waals surface area contributed by atoms with Crippen LogP contribution in [0, 0.1) is 0 Å². The molecule has 0 aliphatic carbocycles. The first-order chi connectivity index (χ1) is 9.31. The third-order valence-corrected chi connectivity index (χ3v) is 2.94. The monoisotopic (exact) mass is 276 g/mol. The van der Waals surface area contributed by atoms with Gasteiger partial charge in [0, 0.05) is 18.3 Å². The number of rotatable bonds is 6. The Morgan fingerprint density at radius 3 is 2.89 bits per heavy atom. The molecule has 0 aliphatic heterocycles. The van der Waals surface area contributed by atoms with Crippen LogP contribution in [-0.4, -0.2) is 11.5 Å². The van der Waals surface area contributed by atoms with E-state index in [0.717, 1.165) is 25.1 Å². The Kier molecular flexibility index (Phi) is 5.19. The zero-order chi connectivity index (χ0) is 13.5. The van der Waals surface area contributed by atoms with E-state index in [0.29, 0.717) is 16.5 Å². The van der Waals surface area contributed by atoms with Gasteiger partial charge in [0.15, 0.2) is 5.75 Å². The van der Waals surface area contributed by atoms with E-state index in [1.165, 1.54) is 0 Å². The van der Waals surface area contributed by atoms with E-state index in [4.69, 9.17) is 16.3 Å². The molecule has 2 rings (SSSR count). The van der Waals surface area contributed by atoms with E-state index in [-0.39, 0.29) is 0 Å². The highest BCUT2D eigenvalue weighted by Gasteiger charge is 2.09. The molecule has 0 aliphatic rings. The van der Waals surface area contributed by atoms with Gasteiger partial charge in [-0.05, 0) is 31.2 Å². The van der Waals surface area contributed by atoms with Crippen molar-refractivity contribution in [3.8, 4) is 11.5 Å². The second-order valence-electron chi connectivity index (χ2n) is 4.20. The second-order valence-corrected chi connectivity index (χ2v) is 4.60. The molecule has 1 aromatic heterocycles. The van der Waals surface area contributed by atoms with E-state index in [9.17, 15) is 0 Å². The van der Waals surface area contributed by atoms with Gasteiger partial charge in [-0.3, -0.25) is 4.98 Å². The number of nitrogens with zero attached hydrogens (tertiary/aromatic N) is 1. The van der Waals surface area contributed by atoms with Crippen molar-refractivity contribution in [3.05, 3.63) is 53.3 Å². The number of hydrogen-bond acceptors (Lipinski definition) is 3. The maximum absolute atomic E-state index is 6.22. The van der Waals surface area contributed by atoms with Crippen LogP contribution in [0.15, 0.2) is 42.7 Å². The van der Waals surface area contributed by atoms with Gasteiger partial charge in [0.05, 0.1) is 11.2 Å². The highest BCUT2D eigenvalue weighted by atomic mass is 35.5. The van der Waals surface area contributed by atoms with Crippen molar-refractivity contribution in [2.24, 2.45) is 0 Å². The van der Waals surface area contributed by atoms with E-state index in [1.54, 1.807) is 12.4 Å². The molecule has 0 saturated heterocycles. The Bertz CT molecular complexity index is 517. The van der Waals surface area contributed by atoms with Gasteiger partial charge in [0.1, 0.15) is 5.75 Å². The lowest BCUT2D eigenvalue weighted by Gasteiger charge is -2.13. The van der Waals surface area contributed by atoms with Gasteiger partial charge in [-0.15, -0.1) is 0 Å². The van der Waals surface area contributed by atoms with Crippen LogP contribution in [-0.2, 0) is 6.54 Å². The SMILES string of the molecule is CCCNCc1cccc(Cl)c1Oc1cccnc1. The van der Waals surface area contributed by atoms with Crippen molar-refractivity contribution in [3.63, 3.8) is 0 Å². The summed E-state index contributed by atoms with van der Waals surface area (Å²) in [6.45, 7) is 3.85. The lowest BCUT2D eigenvalue weighted by molar-refractivity contribution is 0.470. The number of hydrogen-bond donors (Lipinski definition) is 1. The lowest BCUT2D eigenvalue weighted by Crippen LogP contribution is -2.14. The number of ether oxygens (including phenoxy) is 1. The molecule has 1 heterocycles. The molecule has 0 unspecified atom stereocenters. The first kappa shape index (κ1) is 13.8. The predicted molar refractivity (Wildman–Crippen MR) is 77.8 cm³/mol. The van der Waals surface area contributed by atoms with Gasteiger partial charge in [-0.25, -0.2) is 0 Å². The molecule has 0 bridgehead atoms. The van der Waals surface area contributed by atoms with Crippen LogP contribution in [0.1, 0.15) is 18.9 Å². The summed E-state index contributed by atoms with van der Waals surface area (Å²) in [6.07, 6.45) is 4.48. The summed E-state index contributed by atoms with van der Waals surface area (Å²) in [5.74, 6) is 1.38. The average Bonchev–Trinajstić information content (AvgIpc) is 2.44. The summed E-state index contributed by atoms with van der Waals surface area (Å²) < 4.78 is 5.84. The maximum atomic E-state index is 6.22. The van der Waals surface area contributed by atoms with Crippen molar-refractivity contribution in [2.45, 2.75) is 19.9 Å². The van der Waals surface area contributed by atoms with Gasteiger partial charge >= 0.3 is 0 Å². The molecule has 3 nitrogen and oxygen atoms in total. The molecule has 0 radical (unpaired) electrons. The van der Waals surface area contributed by atoms with Gasteiger partial charge in [0.25, 0.3) is 0 Å². The summed E-state index contributed by atoms with van der Waals surface area (Å²) in [6, 6.07) is 9.47. The lowest BCUT2D eigenvalue weighted by atomic mass is 10.2. The number of nitrogens with one attached hydrogen (secondary N) is 1. The smallest absolute Gasteiger partial charge is 0.150 e. The molecule has 0 atom stereocenters. The van der Waals surface area contributed by atoms with Crippen LogP contribution in [0.25, 0.3) is 0 Å². The maximum Gasteiger partial charge on any atom is 0.150 e. The Morgan fingerprint density at radius 2 is 2.16 bits per heavy atom.